The van der Waals surface area contributed by atoms with Gasteiger partial charge in [0.15, 0.2) is 0 Å². The highest BCUT2D eigenvalue weighted by Gasteiger charge is 2.19. The second-order valence-electron chi connectivity index (χ2n) is 6.55. The topological polar surface area (TPSA) is 52.7 Å². The van der Waals surface area contributed by atoms with Crippen molar-refractivity contribution in [2.24, 2.45) is 0 Å². The van der Waals surface area contributed by atoms with Crippen LogP contribution in [0.2, 0.25) is 0 Å². The summed E-state index contributed by atoms with van der Waals surface area (Å²) >= 11 is 0. The van der Waals surface area contributed by atoms with Crippen molar-refractivity contribution in [2.45, 2.75) is 27.2 Å². The van der Waals surface area contributed by atoms with E-state index in [2.05, 4.69) is 5.32 Å². The summed E-state index contributed by atoms with van der Waals surface area (Å²) in [5, 5.41) is 2.94. The largest absolute Gasteiger partial charge is 0.325 e. The number of benzene rings is 2. The van der Waals surface area contributed by atoms with Crippen molar-refractivity contribution in [1.82, 2.24) is 4.90 Å². The molecule has 5 heteroatoms. The maximum atomic E-state index is 12.8. The maximum Gasteiger partial charge on any atom is 0.241 e. The van der Waals surface area contributed by atoms with Gasteiger partial charge in [0, 0.05) is 17.9 Å². The zero-order chi connectivity index (χ0) is 19.6. The molecular formula is C22H29N3O2. The Bertz CT molecular complexity index is 746. The van der Waals surface area contributed by atoms with Gasteiger partial charge >= 0.3 is 0 Å². The summed E-state index contributed by atoms with van der Waals surface area (Å²) in [6.07, 6.45) is 0.877. The van der Waals surface area contributed by atoms with Crippen LogP contribution in [-0.4, -0.2) is 42.9 Å². The third kappa shape index (κ3) is 6.22. The fourth-order valence-electron chi connectivity index (χ4n) is 3.02. The summed E-state index contributed by atoms with van der Waals surface area (Å²) in [5.74, 6) is -0.103. The molecule has 0 radical (unpaired) electrons. The van der Waals surface area contributed by atoms with E-state index in [1.54, 1.807) is 4.90 Å². The van der Waals surface area contributed by atoms with E-state index in [1.807, 2.05) is 80.3 Å². The van der Waals surface area contributed by atoms with Gasteiger partial charge in [0.25, 0.3) is 0 Å². The monoisotopic (exact) mass is 367 g/mol. The van der Waals surface area contributed by atoms with Crippen LogP contribution in [0, 0.1) is 6.92 Å². The standard InChI is InChI=1S/C22H29N3O2/c1-4-15-24(16-21(26)23-20-14-10-9-11-18(20)3)17-22(27)25(5-2)19-12-7-6-8-13-19/h6-14H,4-5,15-17H2,1-3H3,(H,23,26). The first-order chi connectivity index (χ1) is 13.0. The number of hydrogen-bond donors (Lipinski definition) is 1. The predicted octanol–water partition coefficient (Wildman–Crippen LogP) is 3.70. The Morgan fingerprint density at radius 1 is 0.926 bits per heavy atom. The molecule has 0 bridgehead atoms. The van der Waals surface area contributed by atoms with Crippen molar-refractivity contribution in [2.75, 3.05) is 36.4 Å². The van der Waals surface area contributed by atoms with Gasteiger partial charge in [0.05, 0.1) is 13.1 Å². The smallest absolute Gasteiger partial charge is 0.241 e. The number of carbonyl (C=O) groups excluding carboxylic acids is 2. The number of rotatable bonds is 9. The van der Waals surface area contributed by atoms with Gasteiger partial charge in [-0.15, -0.1) is 0 Å². The molecule has 2 aromatic rings. The number of amides is 2. The Hall–Kier alpha value is -2.66. The lowest BCUT2D eigenvalue weighted by Crippen LogP contribution is -2.43. The van der Waals surface area contributed by atoms with Crippen LogP contribution in [0.4, 0.5) is 11.4 Å². The highest BCUT2D eigenvalue weighted by atomic mass is 16.2. The van der Waals surface area contributed by atoms with Crippen LogP contribution in [0.15, 0.2) is 54.6 Å². The van der Waals surface area contributed by atoms with Gasteiger partial charge in [-0.2, -0.15) is 0 Å². The Kier molecular flexibility index (Phi) is 8.01. The average molecular weight is 367 g/mol. The highest BCUT2D eigenvalue weighted by molar-refractivity contribution is 5.96. The second kappa shape index (κ2) is 10.5. The molecule has 0 aromatic heterocycles. The minimum absolute atomic E-state index is 0.000779. The summed E-state index contributed by atoms with van der Waals surface area (Å²) < 4.78 is 0. The van der Waals surface area contributed by atoms with E-state index in [0.717, 1.165) is 23.4 Å². The molecule has 5 nitrogen and oxygen atoms in total. The Morgan fingerprint density at radius 3 is 2.22 bits per heavy atom. The number of para-hydroxylation sites is 2. The quantitative estimate of drug-likeness (QED) is 0.735. The molecule has 0 saturated carbocycles. The third-order valence-electron chi connectivity index (χ3n) is 4.37. The molecule has 2 amide bonds. The van der Waals surface area contributed by atoms with Gasteiger partial charge in [-0.3, -0.25) is 14.5 Å². The van der Waals surface area contributed by atoms with Crippen molar-refractivity contribution in [3.63, 3.8) is 0 Å². The lowest BCUT2D eigenvalue weighted by Gasteiger charge is -2.26. The fraction of sp³-hybridized carbons (Fsp3) is 0.364. The van der Waals surface area contributed by atoms with E-state index in [1.165, 1.54) is 0 Å². The molecule has 1 N–H and O–H groups in total. The van der Waals surface area contributed by atoms with Crippen LogP contribution >= 0.6 is 0 Å². The van der Waals surface area contributed by atoms with Crippen molar-refractivity contribution in [3.05, 3.63) is 60.2 Å². The summed E-state index contributed by atoms with van der Waals surface area (Å²) in [5.41, 5.74) is 2.71. The number of hydrogen-bond acceptors (Lipinski definition) is 3. The average Bonchev–Trinajstić information content (AvgIpc) is 2.65. The highest BCUT2D eigenvalue weighted by Crippen LogP contribution is 2.15. The first-order valence-corrected chi connectivity index (χ1v) is 9.48. The van der Waals surface area contributed by atoms with E-state index < -0.39 is 0 Å². The van der Waals surface area contributed by atoms with Crippen LogP contribution < -0.4 is 10.2 Å². The first-order valence-electron chi connectivity index (χ1n) is 9.48. The summed E-state index contributed by atoms with van der Waals surface area (Å²) in [4.78, 5) is 28.9. The van der Waals surface area contributed by atoms with E-state index in [9.17, 15) is 9.59 Å². The van der Waals surface area contributed by atoms with Gasteiger partial charge in [-0.25, -0.2) is 0 Å². The second-order valence-corrected chi connectivity index (χ2v) is 6.55. The molecule has 0 aliphatic carbocycles. The molecule has 0 saturated heterocycles. The van der Waals surface area contributed by atoms with Crippen molar-refractivity contribution in [3.8, 4) is 0 Å². The van der Waals surface area contributed by atoms with Crippen molar-refractivity contribution < 1.29 is 9.59 Å². The third-order valence-corrected chi connectivity index (χ3v) is 4.37. The zero-order valence-corrected chi connectivity index (χ0v) is 16.4. The molecule has 0 spiro atoms. The number of likely N-dealkylation sites (N-methyl/N-ethyl adjacent to an activating group) is 1. The predicted molar refractivity (Wildman–Crippen MR) is 111 cm³/mol. The minimum Gasteiger partial charge on any atom is -0.325 e. The number of nitrogens with one attached hydrogen (secondary N) is 1. The van der Waals surface area contributed by atoms with Gasteiger partial charge in [0.1, 0.15) is 0 Å². The van der Waals surface area contributed by atoms with E-state index in [-0.39, 0.29) is 24.9 Å². The molecular weight excluding hydrogens is 338 g/mol. The van der Waals surface area contributed by atoms with E-state index in [0.29, 0.717) is 13.1 Å². The van der Waals surface area contributed by atoms with Crippen molar-refractivity contribution in [1.29, 1.82) is 0 Å². The molecule has 27 heavy (non-hydrogen) atoms. The Balaban J connectivity index is 2.00. The summed E-state index contributed by atoms with van der Waals surface area (Å²) in [7, 11) is 0. The summed E-state index contributed by atoms with van der Waals surface area (Å²) in [6, 6.07) is 17.3. The van der Waals surface area contributed by atoms with Crippen LogP contribution in [0.3, 0.4) is 0 Å². The number of carbonyl (C=O) groups is 2. The van der Waals surface area contributed by atoms with Gasteiger partial charge in [-0.1, -0.05) is 43.3 Å². The molecule has 0 fully saturated rings. The van der Waals surface area contributed by atoms with E-state index >= 15 is 0 Å². The molecule has 0 atom stereocenters. The molecule has 144 valence electrons. The Morgan fingerprint density at radius 2 is 1.59 bits per heavy atom. The fourth-order valence-corrected chi connectivity index (χ4v) is 3.02. The SMILES string of the molecule is CCCN(CC(=O)Nc1ccccc1C)CC(=O)N(CC)c1ccccc1. The lowest BCUT2D eigenvalue weighted by atomic mass is 10.2. The lowest BCUT2D eigenvalue weighted by molar-refractivity contribution is -0.121. The number of aryl methyl sites for hydroxylation is 1. The molecule has 2 aromatic carbocycles. The molecule has 0 aliphatic rings. The Labute approximate surface area is 162 Å². The van der Waals surface area contributed by atoms with Gasteiger partial charge < -0.3 is 10.2 Å². The molecule has 0 heterocycles. The van der Waals surface area contributed by atoms with Crippen LogP contribution in [-0.2, 0) is 9.59 Å². The summed E-state index contributed by atoms with van der Waals surface area (Å²) in [6.45, 7) is 7.67. The first kappa shape index (κ1) is 20.6. The van der Waals surface area contributed by atoms with E-state index in [4.69, 9.17) is 0 Å². The minimum atomic E-state index is -0.103. The molecule has 2 rings (SSSR count). The molecule has 0 aliphatic heterocycles. The van der Waals surface area contributed by atoms with Crippen LogP contribution in [0.25, 0.3) is 0 Å². The van der Waals surface area contributed by atoms with Crippen LogP contribution in [0.5, 0.6) is 0 Å². The van der Waals surface area contributed by atoms with Crippen molar-refractivity contribution >= 4 is 23.2 Å². The zero-order valence-electron chi connectivity index (χ0n) is 16.4. The maximum absolute atomic E-state index is 12.8. The molecule has 0 unspecified atom stereocenters. The van der Waals surface area contributed by atoms with Gasteiger partial charge in [-0.05, 0) is 50.6 Å². The van der Waals surface area contributed by atoms with Crippen LogP contribution in [0.1, 0.15) is 25.8 Å². The van der Waals surface area contributed by atoms with Gasteiger partial charge in [0.2, 0.25) is 11.8 Å². The number of anilines is 2. The number of nitrogens with zero attached hydrogens (tertiary/aromatic N) is 2. The normalized spacial score (nSPS) is 10.7.